The van der Waals surface area contributed by atoms with Gasteiger partial charge in [-0.05, 0) is 86.0 Å². The summed E-state index contributed by atoms with van der Waals surface area (Å²) in [6.07, 6.45) is 6.98. The highest BCUT2D eigenvalue weighted by Crippen LogP contribution is 2.36. The largest absolute Gasteiger partial charge is 0.393 e. The van der Waals surface area contributed by atoms with Crippen LogP contribution < -0.4 is 0 Å². The van der Waals surface area contributed by atoms with Gasteiger partial charge in [-0.25, -0.2) is 4.39 Å². The minimum atomic E-state index is -0.184. The van der Waals surface area contributed by atoms with Crippen LogP contribution in [0.5, 0.6) is 0 Å². The van der Waals surface area contributed by atoms with Crippen molar-refractivity contribution < 1.29 is 14.6 Å². The summed E-state index contributed by atoms with van der Waals surface area (Å²) in [5.41, 5.74) is 3.92. The Kier molecular flexibility index (Phi) is 5.60. The fourth-order valence-electron chi connectivity index (χ4n) is 4.77. The predicted octanol–water partition coefficient (Wildman–Crippen LogP) is 5.53. The van der Waals surface area contributed by atoms with Crippen molar-refractivity contribution in [3.8, 4) is 11.1 Å². The second-order valence-corrected chi connectivity index (χ2v) is 8.37. The van der Waals surface area contributed by atoms with Gasteiger partial charge in [-0.1, -0.05) is 36.4 Å². The van der Waals surface area contributed by atoms with Crippen LogP contribution in [0.2, 0.25) is 0 Å². The molecule has 0 spiro atoms. The van der Waals surface area contributed by atoms with Crippen LogP contribution in [0.25, 0.3) is 11.1 Å². The molecule has 2 fully saturated rings. The fraction of sp³-hybridized carbons (Fsp3) is 0.500. The van der Waals surface area contributed by atoms with E-state index < -0.39 is 0 Å². The van der Waals surface area contributed by atoms with Crippen molar-refractivity contribution >= 4 is 0 Å². The quantitative estimate of drug-likeness (QED) is 0.748. The van der Waals surface area contributed by atoms with Crippen molar-refractivity contribution in [1.82, 2.24) is 0 Å². The van der Waals surface area contributed by atoms with Gasteiger partial charge in [0.05, 0.1) is 12.2 Å². The Balaban J connectivity index is 1.48. The van der Waals surface area contributed by atoms with Crippen LogP contribution in [0.3, 0.4) is 0 Å². The van der Waals surface area contributed by atoms with Crippen LogP contribution in [0.4, 0.5) is 4.39 Å². The molecule has 0 aromatic heterocycles. The van der Waals surface area contributed by atoms with E-state index in [1.807, 2.05) is 18.2 Å². The zero-order valence-corrected chi connectivity index (χ0v) is 15.8. The Hall–Kier alpha value is -1.71. The van der Waals surface area contributed by atoms with Gasteiger partial charge < -0.3 is 10.2 Å². The third-order valence-electron chi connectivity index (χ3n) is 6.55. The van der Waals surface area contributed by atoms with Crippen molar-refractivity contribution in [1.29, 1.82) is 0 Å². The van der Waals surface area contributed by atoms with E-state index in [1.165, 1.54) is 5.56 Å². The summed E-state index contributed by atoms with van der Waals surface area (Å²) in [4.78, 5) is 0. The van der Waals surface area contributed by atoms with Crippen molar-refractivity contribution in [2.45, 2.75) is 75.4 Å². The highest BCUT2D eigenvalue weighted by Gasteiger charge is 2.22. The first kappa shape index (κ1) is 18.6. The molecular formula is C24H29FO2. The van der Waals surface area contributed by atoms with Crippen LogP contribution >= 0.6 is 0 Å². The van der Waals surface area contributed by atoms with Gasteiger partial charge in [-0.15, -0.1) is 0 Å². The van der Waals surface area contributed by atoms with Crippen LogP contribution in [-0.4, -0.2) is 22.4 Å². The lowest BCUT2D eigenvalue weighted by Crippen LogP contribution is -2.17. The molecule has 4 rings (SSSR count). The Bertz CT molecular complexity index is 754. The van der Waals surface area contributed by atoms with Crippen LogP contribution in [0.1, 0.15) is 74.3 Å². The molecule has 27 heavy (non-hydrogen) atoms. The molecule has 0 saturated heterocycles. The summed E-state index contributed by atoms with van der Waals surface area (Å²) in [7, 11) is 0. The Morgan fingerprint density at radius 1 is 0.630 bits per heavy atom. The highest BCUT2D eigenvalue weighted by molar-refractivity contribution is 5.65. The first-order chi connectivity index (χ1) is 13.1. The summed E-state index contributed by atoms with van der Waals surface area (Å²) >= 11 is 0. The van der Waals surface area contributed by atoms with Gasteiger partial charge >= 0.3 is 0 Å². The monoisotopic (exact) mass is 368 g/mol. The smallest absolute Gasteiger partial charge is 0.131 e. The molecule has 0 bridgehead atoms. The van der Waals surface area contributed by atoms with Gasteiger partial charge in [0.1, 0.15) is 5.82 Å². The van der Waals surface area contributed by atoms with Crippen molar-refractivity contribution in [3.63, 3.8) is 0 Å². The molecule has 2 N–H and O–H groups in total. The average Bonchev–Trinajstić information content (AvgIpc) is 2.69. The van der Waals surface area contributed by atoms with E-state index in [-0.39, 0.29) is 18.0 Å². The zero-order valence-electron chi connectivity index (χ0n) is 15.8. The van der Waals surface area contributed by atoms with Crippen molar-refractivity contribution in [2.75, 3.05) is 0 Å². The van der Waals surface area contributed by atoms with Gasteiger partial charge in [0.25, 0.3) is 0 Å². The lowest BCUT2D eigenvalue weighted by Gasteiger charge is -2.26. The maximum Gasteiger partial charge on any atom is 0.131 e. The lowest BCUT2D eigenvalue weighted by molar-refractivity contribution is 0.122. The predicted molar refractivity (Wildman–Crippen MR) is 106 cm³/mol. The number of hydrogen-bond donors (Lipinski definition) is 2. The minimum Gasteiger partial charge on any atom is -0.393 e. The fourth-order valence-corrected chi connectivity index (χ4v) is 4.77. The van der Waals surface area contributed by atoms with E-state index in [1.54, 1.807) is 6.07 Å². The van der Waals surface area contributed by atoms with Gasteiger partial charge in [0.15, 0.2) is 0 Å². The summed E-state index contributed by atoms with van der Waals surface area (Å²) in [6.45, 7) is 0. The summed E-state index contributed by atoms with van der Waals surface area (Å²) in [5.74, 6) is 0.712. The number of aliphatic hydroxyl groups is 2. The number of halogens is 1. The number of hydrogen-bond acceptors (Lipinski definition) is 2. The van der Waals surface area contributed by atoms with Crippen molar-refractivity contribution in [3.05, 3.63) is 59.4 Å². The average molecular weight is 368 g/mol. The van der Waals surface area contributed by atoms with Crippen LogP contribution in [0, 0.1) is 5.82 Å². The lowest BCUT2D eigenvalue weighted by atomic mass is 9.81. The summed E-state index contributed by atoms with van der Waals surface area (Å²) in [6, 6.07) is 13.9. The Labute approximate surface area is 161 Å². The maximum absolute atomic E-state index is 14.8. The van der Waals surface area contributed by atoms with E-state index >= 15 is 0 Å². The zero-order chi connectivity index (χ0) is 18.8. The standard InChI is InChI=1S/C24H29FO2/c25-24-15-20(18-7-12-22(27)13-8-18)9-14-23(24)19-3-1-16(2-4-19)17-5-10-21(26)11-6-17/h1-4,9,14-15,17-18,21-22,26-27H,5-8,10-13H2. The molecule has 0 unspecified atom stereocenters. The molecule has 2 aromatic rings. The second kappa shape index (κ2) is 8.12. The molecule has 0 radical (unpaired) electrons. The third-order valence-corrected chi connectivity index (χ3v) is 6.55. The van der Waals surface area contributed by atoms with E-state index in [0.717, 1.165) is 62.5 Å². The number of benzene rings is 2. The second-order valence-electron chi connectivity index (χ2n) is 8.37. The number of rotatable bonds is 3. The molecule has 2 aliphatic carbocycles. The topological polar surface area (TPSA) is 40.5 Å². The van der Waals surface area contributed by atoms with E-state index in [4.69, 9.17) is 0 Å². The van der Waals surface area contributed by atoms with E-state index in [9.17, 15) is 14.6 Å². The molecule has 0 atom stereocenters. The minimum absolute atomic E-state index is 0.138. The van der Waals surface area contributed by atoms with Gasteiger partial charge in [-0.2, -0.15) is 0 Å². The van der Waals surface area contributed by atoms with Gasteiger partial charge in [-0.3, -0.25) is 0 Å². The molecule has 144 valence electrons. The first-order valence-corrected chi connectivity index (χ1v) is 10.4. The molecule has 2 aliphatic rings. The maximum atomic E-state index is 14.8. The first-order valence-electron chi connectivity index (χ1n) is 10.4. The van der Waals surface area contributed by atoms with Crippen LogP contribution in [-0.2, 0) is 0 Å². The molecule has 2 aromatic carbocycles. The number of aliphatic hydroxyl groups excluding tert-OH is 2. The van der Waals surface area contributed by atoms with Crippen molar-refractivity contribution in [2.24, 2.45) is 0 Å². The molecular weight excluding hydrogens is 339 g/mol. The molecule has 0 amide bonds. The normalized spacial score (nSPS) is 28.9. The van der Waals surface area contributed by atoms with Gasteiger partial charge in [0, 0.05) is 5.56 Å². The summed E-state index contributed by atoms with van der Waals surface area (Å²) < 4.78 is 14.8. The molecule has 3 heteroatoms. The van der Waals surface area contributed by atoms with Gasteiger partial charge in [0.2, 0.25) is 0 Å². The Morgan fingerprint density at radius 3 is 1.63 bits per heavy atom. The SMILES string of the molecule is OC1CCC(c2ccc(-c3ccc(C4CCC(O)CC4)cc3F)cc2)CC1. The summed E-state index contributed by atoms with van der Waals surface area (Å²) in [5, 5.41) is 19.3. The van der Waals surface area contributed by atoms with E-state index in [0.29, 0.717) is 17.4 Å². The molecule has 0 aliphatic heterocycles. The molecule has 2 saturated carbocycles. The van der Waals surface area contributed by atoms with E-state index in [2.05, 4.69) is 18.2 Å². The third kappa shape index (κ3) is 4.25. The molecule has 0 heterocycles. The Morgan fingerprint density at radius 2 is 1.11 bits per heavy atom. The van der Waals surface area contributed by atoms with Crippen LogP contribution in [0.15, 0.2) is 42.5 Å². The highest BCUT2D eigenvalue weighted by atomic mass is 19.1. The molecule has 2 nitrogen and oxygen atoms in total.